The van der Waals surface area contributed by atoms with Gasteiger partial charge in [-0.25, -0.2) is 4.98 Å². The summed E-state index contributed by atoms with van der Waals surface area (Å²) < 4.78 is 53.3. The van der Waals surface area contributed by atoms with Gasteiger partial charge in [0.1, 0.15) is 17.5 Å². The molecule has 1 aromatic carbocycles. The number of rotatable bonds is 4. The molecule has 12 heteroatoms. The van der Waals surface area contributed by atoms with Crippen LogP contribution in [0.25, 0.3) is 11.6 Å². The van der Waals surface area contributed by atoms with Crippen molar-refractivity contribution in [2.45, 2.75) is 64.0 Å². The number of pyridine rings is 1. The summed E-state index contributed by atoms with van der Waals surface area (Å²) in [7, 11) is 0. The van der Waals surface area contributed by atoms with E-state index in [9.17, 15) is 23.3 Å². The van der Waals surface area contributed by atoms with Gasteiger partial charge in [-0.2, -0.15) is 13.2 Å². The van der Waals surface area contributed by atoms with Gasteiger partial charge in [-0.15, -0.1) is 10.2 Å². The Morgan fingerprint density at radius 3 is 2.68 bits per heavy atom. The molecular formula is C25H26F3N5O4. The Morgan fingerprint density at radius 2 is 1.97 bits per heavy atom. The fourth-order valence-electron chi connectivity index (χ4n) is 3.96. The first-order chi connectivity index (χ1) is 17.5. The SMILES string of the molecule is CC1(C)CCC/C=C/CC(OCc2ccccc2)c2nnc(o2)-c2nc(c(C(F)(F)F)cc2[N+](=O)[O-])N1. The smallest absolute Gasteiger partial charge is 0.416 e. The summed E-state index contributed by atoms with van der Waals surface area (Å²) in [5.41, 5.74) is -2.46. The van der Waals surface area contributed by atoms with E-state index in [4.69, 9.17) is 9.15 Å². The van der Waals surface area contributed by atoms with Crippen LogP contribution in [0.4, 0.5) is 24.7 Å². The molecule has 37 heavy (non-hydrogen) atoms. The quantitative estimate of drug-likeness (QED) is 0.233. The second kappa shape index (κ2) is 10.7. The van der Waals surface area contributed by atoms with E-state index >= 15 is 0 Å². The van der Waals surface area contributed by atoms with E-state index in [0.29, 0.717) is 31.7 Å². The van der Waals surface area contributed by atoms with Crippen LogP contribution in [-0.2, 0) is 17.5 Å². The van der Waals surface area contributed by atoms with E-state index in [1.807, 2.05) is 42.5 Å². The molecule has 1 N–H and O–H groups in total. The number of nitrogens with one attached hydrogen (secondary N) is 1. The Bertz CT molecular complexity index is 1280. The van der Waals surface area contributed by atoms with Crippen LogP contribution in [0.15, 0.2) is 53.0 Å². The molecule has 1 aliphatic rings. The first-order valence-corrected chi connectivity index (χ1v) is 11.7. The highest BCUT2D eigenvalue weighted by Crippen LogP contribution is 2.41. The van der Waals surface area contributed by atoms with Crippen molar-refractivity contribution in [3.05, 3.63) is 75.7 Å². The topological polar surface area (TPSA) is 116 Å². The summed E-state index contributed by atoms with van der Waals surface area (Å²) in [4.78, 5) is 14.8. The van der Waals surface area contributed by atoms with E-state index in [2.05, 4.69) is 20.5 Å². The van der Waals surface area contributed by atoms with E-state index in [1.54, 1.807) is 13.8 Å². The first-order valence-electron chi connectivity index (χ1n) is 11.7. The summed E-state index contributed by atoms with van der Waals surface area (Å²) >= 11 is 0. The number of hydrogen-bond acceptors (Lipinski definition) is 8. The predicted octanol–water partition coefficient (Wildman–Crippen LogP) is 6.64. The molecule has 0 aliphatic carbocycles. The van der Waals surface area contributed by atoms with Gasteiger partial charge in [-0.3, -0.25) is 10.1 Å². The molecule has 0 fully saturated rings. The minimum Gasteiger partial charge on any atom is -0.416 e. The molecule has 0 radical (unpaired) electrons. The van der Waals surface area contributed by atoms with Gasteiger partial charge < -0.3 is 14.5 Å². The van der Waals surface area contributed by atoms with E-state index in [1.165, 1.54) is 0 Å². The van der Waals surface area contributed by atoms with Gasteiger partial charge >= 0.3 is 11.9 Å². The summed E-state index contributed by atoms with van der Waals surface area (Å²) in [6, 6.07) is 9.88. The number of ether oxygens (including phenoxy) is 1. The van der Waals surface area contributed by atoms with Crippen LogP contribution in [0.1, 0.15) is 62.7 Å². The van der Waals surface area contributed by atoms with Crippen LogP contribution < -0.4 is 5.32 Å². The van der Waals surface area contributed by atoms with Gasteiger partial charge in [-0.05, 0) is 38.7 Å². The zero-order chi connectivity index (χ0) is 26.6. The summed E-state index contributed by atoms with van der Waals surface area (Å²) in [5.74, 6) is -0.875. The van der Waals surface area contributed by atoms with Gasteiger partial charge in [-0.1, -0.05) is 42.5 Å². The molecule has 1 atom stereocenters. The maximum Gasteiger partial charge on any atom is 0.420 e. The lowest BCUT2D eigenvalue weighted by molar-refractivity contribution is -0.384. The van der Waals surface area contributed by atoms with Crippen molar-refractivity contribution in [3.63, 3.8) is 0 Å². The van der Waals surface area contributed by atoms with Crippen molar-refractivity contribution in [2.24, 2.45) is 0 Å². The second-order valence-electron chi connectivity index (χ2n) is 9.35. The normalized spacial score (nSPS) is 18.8. The van der Waals surface area contributed by atoms with Gasteiger partial charge in [0.2, 0.25) is 11.6 Å². The minimum absolute atomic E-state index is 0.0382. The Balaban J connectivity index is 1.79. The fraction of sp³-hybridized carbons (Fsp3) is 0.400. The number of nitrogens with zero attached hydrogens (tertiary/aromatic N) is 4. The van der Waals surface area contributed by atoms with Crippen LogP contribution in [0.3, 0.4) is 0 Å². The molecule has 0 spiro atoms. The number of anilines is 1. The van der Waals surface area contributed by atoms with Crippen molar-refractivity contribution in [1.82, 2.24) is 15.2 Å². The first kappa shape index (κ1) is 26.3. The Kier molecular flexibility index (Phi) is 7.58. The molecule has 1 unspecified atom stereocenters. The average molecular weight is 518 g/mol. The Hall–Kier alpha value is -3.80. The number of allylic oxidation sites excluding steroid dienone is 1. The van der Waals surface area contributed by atoms with Crippen molar-refractivity contribution in [2.75, 3.05) is 5.32 Å². The monoisotopic (exact) mass is 517 g/mol. The maximum atomic E-state index is 13.9. The van der Waals surface area contributed by atoms with Crippen molar-refractivity contribution in [1.29, 1.82) is 0 Å². The standard InChI is InChI=1S/C25H26F3N5O4/c1-24(2)13-9-4-3-8-12-19(36-15-16-10-6-5-7-11-16)22-31-32-23(37-22)20-18(33(34)35)14-17(25(26,27)28)21(29-20)30-24/h3,5-8,10-11,14,19H,4,9,12-13,15H2,1-2H3,(H,29,30)/b8-3+. The highest BCUT2D eigenvalue weighted by Gasteiger charge is 2.40. The largest absolute Gasteiger partial charge is 0.420 e. The van der Waals surface area contributed by atoms with Gasteiger partial charge in [0.15, 0.2) is 0 Å². The zero-order valence-corrected chi connectivity index (χ0v) is 20.3. The molecular weight excluding hydrogens is 491 g/mol. The van der Waals surface area contributed by atoms with Crippen LogP contribution >= 0.6 is 0 Å². The molecule has 3 aromatic rings. The van der Waals surface area contributed by atoms with E-state index in [-0.39, 0.29) is 18.4 Å². The molecule has 0 saturated heterocycles. The number of aromatic nitrogens is 3. The molecule has 196 valence electrons. The van der Waals surface area contributed by atoms with Crippen molar-refractivity contribution in [3.8, 4) is 11.6 Å². The van der Waals surface area contributed by atoms with Crippen molar-refractivity contribution < 1.29 is 27.2 Å². The lowest BCUT2D eigenvalue weighted by Gasteiger charge is -2.28. The Labute approximate surface area is 210 Å². The van der Waals surface area contributed by atoms with Crippen LogP contribution in [0.2, 0.25) is 0 Å². The molecule has 1 aliphatic heterocycles. The fourth-order valence-corrected chi connectivity index (χ4v) is 3.96. The number of nitro groups is 1. The third kappa shape index (κ3) is 6.50. The van der Waals surface area contributed by atoms with Gasteiger partial charge in [0.25, 0.3) is 5.89 Å². The highest BCUT2D eigenvalue weighted by molar-refractivity contribution is 5.68. The Morgan fingerprint density at radius 1 is 1.22 bits per heavy atom. The number of fused-ring (bicyclic) bond motifs is 5. The number of alkyl halides is 3. The molecule has 2 aromatic heterocycles. The molecule has 3 heterocycles. The third-order valence-electron chi connectivity index (χ3n) is 5.86. The zero-order valence-electron chi connectivity index (χ0n) is 20.3. The number of hydrogen-bond donors (Lipinski definition) is 1. The number of benzene rings is 1. The lowest BCUT2D eigenvalue weighted by Crippen LogP contribution is -2.32. The predicted molar refractivity (Wildman–Crippen MR) is 128 cm³/mol. The van der Waals surface area contributed by atoms with E-state index < -0.39 is 45.5 Å². The lowest BCUT2D eigenvalue weighted by atomic mass is 9.96. The van der Waals surface area contributed by atoms with Crippen molar-refractivity contribution >= 4 is 11.5 Å². The summed E-state index contributed by atoms with van der Waals surface area (Å²) in [6.45, 7) is 3.74. The molecule has 0 saturated carbocycles. The molecule has 9 nitrogen and oxygen atoms in total. The van der Waals surface area contributed by atoms with E-state index in [0.717, 1.165) is 5.56 Å². The average Bonchev–Trinajstić information content (AvgIpc) is 3.31. The molecule has 0 amide bonds. The third-order valence-corrected chi connectivity index (χ3v) is 5.86. The number of halogens is 3. The summed E-state index contributed by atoms with van der Waals surface area (Å²) in [5, 5.41) is 22.4. The molecule has 4 rings (SSSR count). The highest BCUT2D eigenvalue weighted by atomic mass is 19.4. The summed E-state index contributed by atoms with van der Waals surface area (Å²) in [6.07, 6.45) is 0.638. The van der Waals surface area contributed by atoms with Gasteiger partial charge in [0.05, 0.1) is 11.5 Å². The van der Waals surface area contributed by atoms with Crippen LogP contribution in [0.5, 0.6) is 0 Å². The second-order valence-corrected chi connectivity index (χ2v) is 9.35. The van der Waals surface area contributed by atoms with Crippen LogP contribution in [0, 0.1) is 10.1 Å². The maximum absolute atomic E-state index is 13.9. The van der Waals surface area contributed by atoms with Crippen LogP contribution in [-0.4, -0.2) is 25.6 Å². The minimum atomic E-state index is -4.88. The molecule has 4 bridgehead atoms. The van der Waals surface area contributed by atoms with Gasteiger partial charge in [0, 0.05) is 18.0 Å².